The molecule has 10 nitrogen and oxygen atoms in total. The maximum Gasteiger partial charge on any atom is 0.472 e. The largest absolute Gasteiger partial charge is 0.472 e. The molecule has 2 N–H and O–H groups in total. The maximum atomic E-state index is 12.6. The molecule has 11 heteroatoms. The van der Waals surface area contributed by atoms with Crippen molar-refractivity contribution in [2.24, 2.45) is 0 Å². The van der Waals surface area contributed by atoms with Crippen LogP contribution in [-0.2, 0) is 32.7 Å². The van der Waals surface area contributed by atoms with Crippen LogP contribution < -0.4 is 0 Å². The zero-order valence-electron chi connectivity index (χ0n) is 33.7. The van der Waals surface area contributed by atoms with E-state index in [2.05, 4.69) is 61.6 Å². The maximum absolute atomic E-state index is 12.6. The number of carbonyl (C=O) groups excluding carboxylic acids is 2. The molecule has 0 spiro atoms. The molecule has 53 heavy (non-hydrogen) atoms. The molecule has 2 atom stereocenters. The molecule has 0 aliphatic carbocycles. The second-order valence-corrected chi connectivity index (χ2v) is 15.8. The number of aliphatic hydroxyl groups excluding tert-OH is 1. The van der Waals surface area contributed by atoms with Crippen molar-refractivity contribution in [2.75, 3.05) is 54.1 Å². The molecule has 0 fully saturated rings. The van der Waals surface area contributed by atoms with Crippen LogP contribution in [0.5, 0.6) is 0 Å². The van der Waals surface area contributed by atoms with E-state index < -0.39 is 32.5 Å². The lowest BCUT2D eigenvalue weighted by Gasteiger charge is -2.24. The van der Waals surface area contributed by atoms with Gasteiger partial charge < -0.3 is 24.0 Å². The lowest BCUT2D eigenvalue weighted by atomic mass is 10.1. The molecule has 306 valence electrons. The van der Waals surface area contributed by atoms with Crippen molar-refractivity contribution in [3.05, 3.63) is 60.8 Å². The number of quaternary nitrogens is 1. The van der Waals surface area contributed by atoms with Crippen LogP contribution in [0.1, 0.15) is 135 Å². The van der Waals surface area contributed by atoms with Crippen LogP contribution in [0.15, 0.2) is 60.8 Å². The summed E-state index contributed by atoms with van der Waals surface area (Å²) in [6.07, 6.45) is 38.6. The van der Waals surface area contributed by atoms with Gasteiger partial charge in [-0.05, 0) is 77.0 Å². The molecule has 0 aromatic heterocycles. The number of ether oxygens (including phenoxy) is 2. The SMILES string of the molecule is CCCC/C=C\CCCCCCCC(=O)OC[C@H](COP(=O)(O)OCC[N+](C)(C)C)OC(=O)CCC/C=C\C/C=C\C/C=C\C/C=C\CCCCCO. The van der Waals surface area contributed by atoms with Crippen LogP contribution >= 0.6 is 7.82 Å². The molecule has 0 aromatic rings. The first-order chi connectivity index (χ1) is 25.5. The quantitative estimate of drug-likeness (QED) is 0.0210. The van der Waals surface area contributed by atoms with E-state index in [1.165, 1.54) is 12.8 Å². The first-order valence-corrected chi connectivity index (χ1v) is 21.6. The van der Waals surface area contributed by atoms with Gasteiger partial charge in [-0.3, -0.25) is 18.6 Å². The normalized spacial score (nSPS) is 14.3. The molecule has 0 aliphatic heterocycles. The number of allylic oxidation sites excluding steroid dienone is 10. The van der Waals surface area contributed by atoms with Gasteiger partial charge in [0.15, 0.2) is 6.10 Å². The second-order valence-electron chi connectivity index (χ2n) is 14.4. The zero-order valence-corrected chi connectivity index (χ0v) is 34.6. The Balaban J connectivity index is 4.52. The number of phosphoric acid groups is 1. The first-order valence-electron chi connectivity index (χ1n) is 20.1. The minimum absolute atomic E-state index is 0.0127. The molecule has 0 radical (unpaired) electrons. The molecular weight excluding hydrogens is 693 g/mol. The van der Waals surface area contributed by atoms with Gasteiger partial charge >= 0.3 is 19.8 Å². The van der Waals surface area contributed by atoms with E-state index >= 15 is 0 Å². The summed E-state index contributed by atoms with van der Waals surface area (Å²) in [5, 5.41) is 8.79. The Morgan fingerprint density at radius 2 is 1.11 bits per heavy atom. The van der Waals surface area contributed by atoms with Crippen molar-refractivity contribution in [1.82, 2.24) is 0 Å². The molecule has 1 unspecified atom stereocenters. The Hall–Kier alpha value is -2.33. The van der Waals surface area contributed by atoms with Crippen molar-refractivity contribution >= 4 is 19.8 Å². The van der Waals surface area contributed by atoms with Gasteiger partial charge in [0.25, 0.3) is 0 Å². The van der Waals surface area contributed by atoms with E-state index in [-0.39, 0.29) is 32.7 Å². The molecule has 0 aromatic carbocycles. The van der Waals surface area contributed by atoms with Gasteiger partial charge in [-0.2, -0.15) is 0 Å². The van der Waals surface area contributed by atoms with Crippen LogP contribution in [0.4, 0.5) is 0 Å². The number of unbranched alkanes of at least 4 members (excludes halogenated alkanes) is 11. The van der Waals surface area contributed by atoms with Gasteiger partial charge in [-0.1, -0.05) is 106 Å². The Morgan fingerprint density at radius 3 is 1.70 bits per heavy atom. The third-order valence-electron chi connectivity index (χ3n) is 8.07. The van der Waals surface area contributed by atoms with Crippen molar-refractivity contribution in [1.29, 1.82) is 0 Å². The number of aliphatic hydroxyl groups is 1. The number of carbonyl (C=O) groups is 2. The van der Waals surface area contributed by atoms with Crippen LogP contribution in [0, 0.1) is 0 Å². The summed E-state index contributed by atoms with van der Waals surface area (Å²) >= 11 is 0. The van der Waals surface area contributed by atoms with Gasteiger partial charge in [-0.15, -0.1) is 0 Å². The minimum Gasteiger partial charge on any atom is -0.462 e. The summed E-state index contributed by atoms with van der Waals surface area (Å²) < 4.78 is 34.1. The average molecular weight is 769 g/mol. The van der Waals surface area contributed by atoms with Crippen LogP contribution in [-0.4, -0.2) is 86.6 Å². The number of rotatable bonds is 36. The first kappa shape index (κ1) is 50.7. The molecule has 0 amide bonds. The summed E-state index contributed by atoms with van der Waals surface area (Å²) in [5.74, 6) is -0.897. The van der Waals surface area contributed by atoms with Crippen molar-refractivity contribution in [2.45, 2.75) is 141 Å². The van der Waals surface area contributed by atoms with Crippen LogP contribution in [0.3, 0.4) is 0 Å². The Kier molecular flexibility index (Phi) is 33.8. The number of esters is 2. The molecule has 0 aliphatic rings. The van der Waals surface area contributed by atoms with Gasteiger partial charge in [0.05, 0.1) is 27.7 Å². The number of hydrogen-bond donors (Lipinski definition) is 2. The number of likely N-dealkylation sites (N-methyl/N-ethyl adjacent to an activating group) is 1. The highest BCUT2D eigenvalue weighted by atomic mass is 31.2. The third kappa shape index (κ3) is 39.2. The van der Waals surface area contributed by atoms with E-state index in [0.29, 0.717) is 30.3 Å². The topological polar surface area (TPSA) is 129 Å². The average Bonchev–Trinajstić information content (AvgIpc) is 3.10. The second kappa shape index (κ2) is 35.4. The molecule has 0 rings (SSSR count). The molecule has 0 heterocycles. The van der Waals surface area contributed by atoms with Crippen molar-refractivity contribution in [3.63, 3.8) is 0 Å². The number of nitrogens with zero attached hydrogens (tertiary/aromatic N) is 1. The summed E-state index contributed by atoms with van der Waals surface area (Å²) in [6.45, 7) is 2.28. The van der Waals surface area contributed by atoms with Crippen molar-refractivity contribution in [3.8, 4) is 0 Å². The van der Waals surface area contributed by atoms with E-state index in [4.69, 9.17) is 23.6 Å². The summed E-state index contributed by atoms with van der Waals surface area (Å²) in [4.78, 5) is 35.2. The van der Waals surface area contributed by atoms with Gasteiger partial charge in [0, 0.05) is 19.4 Å². The lowest BCUT2D eigenvalue weighted by Crippen LogP contribution is -2.37. The number of phosphoric ester groups is 1. The van der Waals surface area contributed by atoms with Crippen LogP contribution in [0.2, 0.25) is 0 Å². The van der Waals surface area contributed by atoms with Crippen molar-refractivity contribution < 1.29 is 47.2 Å². The number of hydrogen-bond acceptors (Lipinski definition) is 8. The fraction of sp³-hybridized carbons (Fsp3) is 0.714. The molecule has 0 bridgehead atoms. The summed E-state index contributed by atoms with van der Waals surface area (Å²) in [6, 6.07) is 0. The van der Waals surface area contributed by atoms with E-state index in [0.717, 1.165) is 83.5 Å². The standard InChI is InChI=1S/C42H74NO9P/c1-5-6-7-8-9-10-18-21-24-27-30-33-41(45)49-38-40(39-51-53(47,48)50-37-35-43(2,3)4)52-42(46)34-31-28-25-22-19-16-14-12-11-13-15-17-20-23-26-29-32-36-44/h8-9,11,13-14,16-17,20,22,25,40,44H,5-7,10,12,15,18-19,21,23-24,26-39H2,1-4H3/p+1/b9-8-,13-11-,16-14-,20-17-,25-22-/t40-/m1/s1. The summed E-state index contributed by atoms with van der Waals surface area (Å²) in [7, 11) is 1.41. The molecule has 0 saturated carbocycles. The highest BCUT2D eigenvalue weighted by Gasteiger charge is 2.27. The summed E-state index contributed by atoms with van der Waals surface area (Å²) in [5.41, 5.74) is 0. The smallest absolute Gasteiger partial charge is 0.462 e. The fourth-order valence-corrected chi connectivity index (χ4v) is 5.59. The third-order valence-corrected chi connectivity index (χ3v) is 9.06. The van der Waals surface area contributed by atoms with Gasteiger partial charge in [-0.25, -0.2) is 4.57 Å². The highest BCUT2D eigenvalue weighted by molar-refractivity contribution is 7.47. The minimum atomic E-state index is -4.39. The highest BCUT2D eigenvalue weighted by Crippen LogP contribution is 2.43. The van der Waals surface area contributed by atoms with E-state index in [1.807, 2.05) is 27.2 Å². The van der Waals surface area contributed by atoms with E-state index in [9.17, 15) is 19.0 Å². The Bertz CT molecular complexity index is 1090. The van der Waals surface area contributed by atoms with Crippen LogP contribution in [0.25, 0.3) is 0 Å². The zero-order chi connectivity index (χ0) is 39.3. The Morgan fingerprint density at radius 1 is 0.623 bits per heavy atom. The Labute approximate surface area is 322 Å². The van der Waals surface area contributed by atoms with Gasteiger partial charge in [0.1, 0.15) is 19.8 Å². The fourth-order valence-electron chi connectivity index (χ4n) is 4.85. The lowest BCUT2D eigenvalue weighted by molar-refractivity contribution is -0.870. The monoisotopic (exact) mass is 769 g/mol. The van der Waals surface area contributed by atoms with E-state index in [1.54, 1.807) is 0 Å². The molecular formula is C42H75NO9P+. The predicted octanol–water partition coefficient (Wildman–Crippen LogP) is 9.88. The van der Waals surface area contributed by atoms with Gasteiger partial charge in [0.2, 0.25) is 0 Å². The molecule has 0 saturated heterocycles. The predicted molar refractivity (Wildman–Crippen MR) is 216 cm³/mol.